The smallest absolute Gasteiger partial charge is 0.329 e. The van der Waals surface area contributed by atoms with Gasteiger partial charge in [0.15, 0.2) is 6.61 Å². The van der Waals surface area contributed by atoms with Gasteiger partial charge < -0.3 is 20.1 Å². The number of ether oxygens (including phenoxy) is 2. The molecule has 0 saturated carbocycles. The molecule has 2 rings (SSSR count). The predicted molar refractivity (Wildman–Crippen MR) is 84.1 cm³/mol. The molecule has 1 atom stereocenters. The normalized spacial score (nSPS) is 15.2. The van der Waals surface area contributed by atoms with E-state index in [2.05, 4.69) is 10.6 Å². The van der Waals surface area contributed by atoms with Crippen molar-refractivity contribution in [1.29, 1.82) is 0 Å². The second kappa shape index (κ2) is 6.25. The average molecular weight is 306 g/mol. The molecule has 0 saturated heterocycles. The fourth-order valence-corrected chi connectivity index (χ4v) is 2.07. The molecule has 22 heavy (non-hydrogen) atoms. The Hall–Kier alpha value is -2.24. The topological polar surface area (TPSA) is 76.7 Å². The molecule has 1 aliphatic heterocycles. The number of esters is 1. The number of carbonyl (C=O) groups is 2. The van der Waals surface area contributed by atoms with E-state index in [1.807, 2.05) is 27.7 Å². The molecule has 6 nitrogen and oxygen atoms in total. The van der Waals surface area contributed by atoms with Gasteiger partial charge in [-0.2, -0.15) is 0 Å². The number of benzene rings is 1. The minimum Gasteiger partial charge on any atom is -0.482 e. The Morgan fingerprint density at radius 3 is 2.82 bits per heavy atom. The number of rotatable bonds is 4. The molecule has 0 fully saturated rings. The summed E-state index contributed by atoms with van der Waals surface area (Å²) in [6.45, 7) is 7.43. The Kier molecular flexibility index (Phi) is 4.59. The van der Waals surface area contributed by atoms with Crippen LogP contribution in [0.25, 0.3) is 0 Å². The maximum Gasteiger partial charge on any atom is 0.329 e. The van der Waals surface area contributed by atoms with E-state index in [1.165, 1.54) is 0 Å². The summed E-state index contributed by atoms with van der Waals surface area (Å²) in [5.41, 5.74) is 0.856. The summed E-state index contributed by atoms with van der Waals surface area (Å²) in [6, 6.07) is 4.87. The van der Waals surface area contributed by atoms with Crippen LogP contribution in [0.1, 0.15) is 34.1 Å². The van der Waals surface area contributed by atoms with Crippen molar-refractivity contribution in [2.45, 2.75) is 45.8 Å². The standard InChI is InChI=1S/C16H22N2O4/c1-5-11(15(20)22-16(2,3)4)17-10-6-7-12-13(8-10)21-9-14(19)18-12/h6-8,11,17H,5,9H2,1-4H3,(H,18,19)/t11-/m0/s1. The van der Waals surface area contributed by atoms with Gasteiger partial charge in [0, 0.05) is 11.8 Å². The van der Waals surface area contributed by atoms with Crippen LogP contribution in [0.5, 0.6) is 5.75 Å². The van der Waals surface area contributed by atoms with Crippen molar-refractivity contribution in [3.8, 4) is 5.75 Å². The van der Waals surface area contributed by atoms with Gasteiger partial charge in [-0.15, -0.1) is 0 Å². The van der Waals surface area contributed by atoms with Crippen LogP contribution in [0.3, 0.4) is 0 Å². The van der Waals surface area contributed by atoms with E-state index in [0.717, 1.165) is 5.69 Å². The molecule has 0 aliphatic carbocycles. The monoisotopic (exact) mass is 306 g/mol. The Labute approximate surface area is 130 Å². The molecule has 1 aliphatic rings. The minimum absolute atomic E-state index is 0.000272. The largest absolute Gasteiger partial charge is 0.482 e. The van der Waals surface area contributed by atoms with Gasteiger partial charge in [-0.3, -0.25) is 4.79 Å². The summed E-state index contributed by atoms with van der Waals surface area (Å²) >= 11 is 0. The third-order valence-electron chi connectivity index (χ3n) is 3.05. The lowest BCUT2D eigenvalue weighted by molar-refractivity contribution is -0.155. The lowest BCUT2D eigenvalue weighted by Crippen LogP contribution is -2.36. The molecule has 1 aromatic rings. The van der Waals surface area contributed by atoms with E-state index in [9.17, 15) is 9.59 Å². The van der Waals surface area contributed by atoms with Crippen molar-refractivity contribution >= 4 is 23.3 Å². The van der Waals surface area contributed by atoms with Crippen LogP contribution in [0.4, 0.5) is 11.4 Å². The van der Waals surface area contributed by atoms with Crippen LogP contribution in [-0.2, 0) is 14.3 Å². The lowest BCUT2D eigenvalue weighted by atomic mass is 10.1. The van der Waals surface area contributed by atoms with E-state index in [0.29, 0.717) is 17.9 Å². The summed E-state index contributed by atoms with van der Waals surface area (Å²) < 4.78 is 10.8. The zero-order chi connectivity index (χ0) is 16.3. The van der Waals surface area contributed by atoms with Gasteiger partial charge in [-0.1, -0.05) is 6.92 Å². The van der Waals surface area contributed by atoms with E-state index < -0.39 is 11.6 Å². The molecule has 0 spiro atoms. The molecule has 2 N–H and O–H groups in total. The number of anilines is 2. The Morgan fingerprint density at radius 1 is 1.45 bits per heavy atom. The van der Waals surface area contributed by atoms with Crippen molar-refractivity contribution < 1.29 is 19.1 Å². The summed E-state index contributed by atoms with van der Waals surface area (Å²) in [7, 11) is 0. The third kappa shape index (κ3) is 4.13. The Bertz CT molecular complexity index is 578. The first-order valence-electron chi connectivity index (χ1n) is 7.34. The Morgan fingerprint density at radius 2 is 2.18 bits per heavy atom. The third-order valence-corrected chi connectivity index (χ3v) is 3.05. The summed E-state index contributed by atoms with van der Waals surface area (Å²) in [4.78, 5) is 23.4. The fourth-order valence-electron chi connectivity index (χ4n) is 2.07. The van der Waals surface area contributed by atoms with Crippen LogP contribution in [0.2, 0.25) is 0 Å². The van der Waals surface area contributed by atoms with Crippen LogP contribution in [0, 0.1) is 0 Å². The van der Waals surface area contributed by atoms with E-state index >= 15 is 0 Å². The van der Waals surface area contributed by atoms with E-state index in [-0.39, 0.29) is 18.5 Å². The highest BCUT2D eigenvalue weighted by molar-refractivity contribution is 5.95. The summed E-state index contributed by atoms with van der Waals surface area (Å²) in [5.74, 6) is 0.124. The van der Waals surface area contributed by atoms with Crippen molar-refractivity contribution in [3.63, 3.8) is 0 Å². The zero-order valence-corrected chi connectivity index (χ0v) is 13.4. The molecule has 1 heterocycles. The molecule has 120 valence electrons. The second-order valence-electron chi connectivity index (χ2n) is 6.19. The van der Waals surface area contributed by atoms with Gasteiger partial charge in [0.05, 0.1) is 5.69 Å². The highest BCUT2D eigenvalue weighted by Crippen LogP contribution is 2.31. The number of nitrogens with one attached hydrogen (secondary N) is 2. The average Bonchev–Trinajstić information content (AvgIpc) is 2.42. The van der Waals surface area contributed by atoms with E-state index in [1.54, 1.807) is 18.2 Å². The quantitative estimate of drug-likeness (QED) is 0.836. The predicted octanol–water partition coefficient (Wildman–Crippen LogP) is 2.55. The number of carbonyl (C=O) groups excluding carboxylic acids is 2. The molecule has 1 amide bonds. The summed E-state index contributed by atoms with van der Waals surface area (Å²) in [6.07, 6.45) is 0.601. The second-order valence-corrected chi connectivity index (χ2v) is 6.19. The van der Waals surface area contributed by atoms with Crippen LogP contribution < -0.4 is 15.4 Å². The molecule has 6 heteroatoms. The molecule has 0 aromatic heterocycles. The lowest BCUT2D eigenvalue weighted by Gasteiger charge is -2.25. The van der Waals surface area contributed by atoms with Gasteiger partial charge >= 0.3 is 5.97 Å². The molecule has 1 aromatic carbocycles. The van der Waals surface area contributed by atoms with Gasteiger partial charge in [-0.25, -0.2) is 4.79 Å². The maximum absolute atomic E-state index is 12.2. The number of hydrogen-bond donors (Lipinski definition) is 2. The zero-order valence-electron chi connectivity index (χ0n) is 13.4. The first kappa shape index (κ1) is 16.1. The SMILES string of the molecule is CC[C@H](Nc1ccc2c(c1)OCC(=O)N2)C(=O)OC(C)(C)C. The number of fused-ring (bicyclic) bond motifs is 1. The van der Waals surface area contributed by atoms with Crippen molar-refractivity contribution in [2.24, 2.45) is 0 Å². The molecular formula is C16H22N2O4. The molecular weight excluding hydrogens is 284 g/mol. The first-order chi connectivity index (χ1) is 10.3. The maximum atomic E-state index is 12.2. The van der Waals surface area contributed by atoms with Gasteiger partial charge in [0.25, 0.3) is 5.91 Å². The minimum atomic E-state index is -0.518. The molecule has 0 unspecified atom stereocenters. The van der Waals surface area contributed by atoms with Crippen molar-refractivity contribution in [2.75, 3.05) is 17.2 Å². The number of amides is 1. The Balaban J connectivity index is 2.08. The van der Waals surface area contributed by atoms with Gasteiger partial charge in [0.1, 0.15) is 17.4 Å². The van der Waals surface area contributed by atoms with Crippen LogP contribution in [-0.4, -0.2) is 30.1 Å². The van der Waals surface area contributed by atoms with E-state index in [4.69, 9.17) is 9.47 Å². The van der Waals surface area contributed by atoms with Gasteiger partial charge in [-0.05, 0) is 39.3 Å². The first-order valence-corrected chi connectivity index (χ1v) is 7.34. The van der Waals surface area contributed by atoms with Crippen molar-refractivity contribution in [1.82, 2.24) is 0 Å². The fraction of sp³-hybridized carbons (Fsp3) is 0.500. The number of hydrogen-bond acceptors (Lipinski definition) is 5. The van der Waals surface area contributed by atoms with Crippen LogP contribution in [0.15, 0.2) is 18.2 Å². The highest BCUT2D eigenvalue weighted by atomic mass is 16.6. The molecule has 0 bridgehead atoms. The van der Waals surface area contributed by atoms with Crippen molar-refractivity contribution in [3.05, 3.63) is 18.2 Å². The highest BCUT2D eigenvalue weighted by Gasteiger charge is 2.24. The summed E-state index contributed by atoms with van der Waals surface area (Å²) in [5, 5.41) is 5.87. The van der Waals surface area contributed by atoms with Crippen LogP contribution >= 0.6 is 0 Å². The molecule has 0 radical (unpaired) electrons. The van der Waals surface area contributed by atoms with Gasteiger partial charge in [0.2, 0.25) is 0 Å².